The largest absolute Gasteiger partial charge is 0.490 e. The van der Waals surface area contributed by atoms with Crippen LogP contribution in [0.3, 0.4) is 0 Å². The van der Waals surface area contributed by atoms with Gasteiger partial charge < -0.3 is 15.4 Å². The van der Waals surface area contributed by atoms with Crippen LogP contribution in [0.15, 0.2) is 18.2 Å². The predicted molar refractivity (Wildman–Crippen MR) is 68.0 cm³/mol. The second kappa shape index (κ2) is 5.18. The third-order valence-corrected chi connectivity index (χ3v) is 2.90. The summed E-state index contributed by atoms with van der Waals surface area (Å²) in [6, 6.07) is 5.14. The molecule has 1 aromatic rings. The normalized spacial score (nSPS) is 13.8. The van der Waals surface area contributed by atoms with Crippen LogP contribution in [0.2, 0.25) is 0 Å². The molecular formula is C13H16N2O3. The highest BCUT2D eigenvalue weighted by Gasteiger charge is 2.22. The number of anilines is 1. The molecular weight excluding hydrogens is 232 g/mol. The average Bonchev–Trinajstić information content (AvgIpc) is 2.37. The number of hydrogen-bond acceptors (Lipinski definition) is 4. The summed E-state index contributed by atoms with van der Waals surface area (Å²) in [5.41, 5.74) is 6.60. The third-order valence-electron chi connectivity index (χ3n) is 2.90. The molecule has 0 spiro atoms. The van der Waals surface area contributed by atoms with E-state index in [2.05, 4.69) is 0 Å². The minimum atomic E-state index is -0.0528. The molecule has 18 heavy (non-hydrogen) atoms. The molecule has 1 aliphatic heterocycles. The highest BCUT2D eigenvalue weighted by molar-refractivity contribution is 6.00. The maximum Gasteiger partial charge on any atom is 0.224 e. The molecule has 2 N–H and O–H groups in total. The molecule has 0 aliphatic carbocycles. The van der Waals surface area contributed by atoms with E-state index in [1.165, 1.54) is 6.92 Å². The van der Waals surface area contributed by atoms with Gasteiger partial charge in [-0.15, -0.1) is 0 Å². The Morgan fingerprint density at radius 3 is 2.89 bits per heavy atom. The Morgan fingerprint density at radius 2 is 2.22 bits per heavy atom. The van der Waals surface area contributed by atoms with Crippen LogP contribution in [0.4, 0.5) is 5.69 Å². The molecule has 0 saturated heterocycles. The summed E-state index contributed by atoms with van der Waals surface area (Å²) < 4.78 is 5.47. The van der Waals surface area contributed by atoms with Crippen LogP contribution in [0.1, 0.15) is 23.7 Å². The topological polar surface area (TPSA) is 72.6 Å². The van der Waals surface area contributed by atoms with Gasteiger partial charge in [0.05, 0.1) is 12.2 Å². The van der Waals surface area contributed by atoms with Gasteiger partial charge in [0.2, 0.25) is 5.91 Å². The maximum atomic E-state index is 11.8. The number of fused-ring (bicyclic) bond motifs is 1. The van der Waals surface area contributed by atoms with Crippen LogP contribution in [-0.4, -0.2) is 31.4 Å². The molecule has 5 heteroatoms. The fourth-order valence-electron chi connectivity index (χ4n) is 1.99. The van der Waals surface area contributed by atoms with Gasteiger partial charge in [0.1, 0.15) is 12.4 Å². The molecule has 0 saturated carbocycles. The zero-order chi connectivity index (χ0) is 13.1. The first-order valence-corrected chi connectivity index (χ1v) is 5.91. The lowest BCUT2D eigenvalue weighted by atomic mass is 10.1. The summed E-state index contributed by atoms with van der Waals surface area (Å²) in [5, 5.41) is 0. The molecule has 96 valence electrons. The first kappa shape index (κ1) is 12.6. The van der Waals surface area contributed by atoms with Crippen LogP contribution in [-0.2, 0) is 4.79 Å². The Balaban J connectivity index is 2.36. The van der Waals surface area contributed by atoms with Crippen molar-refractivity contribution in [1.29, 1.82) is 0 Å². The van der Waals surface area contributed by atoms with Crippen LogP contribution in [0, 0.1) is 0 Å². The van der Waals surface area contributed by atoms with Crippen molar-refractivity contribution in [2.24, 2.45) is 5.73 Å². The molecule has 0 atom stereocenters. The third kappa shape index (κ3) is 2.36. The number of ketones is 1. The van der Waals surface area contributed by atoms with Crippen molar-refractivity contribution in [2.75, 3.05) is 24.6 Å². The fraction of sp³-hybridized carbons (Fsp3) is 0.385. The van der Waals surface area contributed by atoms with Gasteiger partial charge in [-0.3, -0.25) is 9.59 Å². The average molecular weight is 248 g/mol. The number of carbonyl (C=O) groups is 2. The van der Waals surface area contributed by atoms with E-state index in [0.29, 0.717) is 43.1 Å². The van der Waals surface area contributed by atoms with Crippen LogP contribution >= 0.6 is 0 Å². The number of Topliss-reactive ketones (excluding diaryl/α,β-unsaturated/α-hetero) is 1. The van der Waals surface area contributed by atoms with Crippen LogP contribution < -0.4 is 15.4 Å². The number of nitrogens with two attached hydrogens (primary N) is 1. The molecule has 0 unspecified atom stereocenters. The maximum absolute atomic E-state index is 11.8. The number of amides is 1. The van der Waals surface area contributed by atoms with Crippen LogP contribution in [0.5, 0.6) is 5.75 Å². The van der Waals surface area contributed by atoms with Crippen molar-refractivity contribution in [3.8, 4) is 5.75 Å². The van der Waals surface area contributed by atoms with Gasteiger partial charge in [-0.25, -0.2) is 0 Å². The van der Waals surface area contributed by atoms with Gasteiger partial charge in [0.25, 0.3) is 0 Å². The molecule has 1 aromatic carbocycles. The predicted octanol–water partition coefficient (Wildman–Crippen LogP) is 0.963. The second-order valence-electron chi connectivity index (χ2n) is 4.16. The Hall–Kier alpha value is -1.88. The zero-order valence-corrected chi connectivity index (χ0v) is 10.3. The molecule has 0 aromatic heterocycles. The minimum absolute atomic E-state index is 0.0191. The van der Waals surface area contributed by atoms with Gasteiger partial charge in [0, 0.05) is 18.9 Å². The molecule has 1 aliphatic rings. The lowest BCUT2D eigenvalue weighted by Crippen LogP contribution is -2.36. The Kier molecular flexibility index (Phi) is 3.62. The number of rotatable bonds is 3. The fourth-order valence-corrected chi connectivity index (χ4v) is 1.99. The second-order valence-corrected chi connectivity index (χ2v) is 4.16. The zero-order valence-electron chi connectivity index (χ0n) is 10.3. The van der Waals surface area contributed by atoms with Gasteiger partial charge in [-0.2, -0.15) is 0 Å². The van der Waals surface area contributed by atoms with Crippen molar-refractivity contribution in [3.05, 3.63) is 23.8 Å². The Morgan fingerprint density at radius 1 is 1.44 bits per heavy atom. The number of ether oxygens (including phenoxy) is 1. The first-order chi connectivity index (χ1) is 8.63. The number of hydrogen-bond donors (Lipinski definition) is 1. The molecule has 0 radical (unpaired) electrons. The number of carbonyl (C=O) groups excluding carboxylic acids is 2. The van der Waals surface area contributed by atoms with Crippen molar-refractivity contribution in [1.82, 2.24) is 0 Å². The molecule has 0 bridgehead atoms. The summed E-state index contributed by atoms with van der Waals surface area (Å²) in [6.07, 6.45) is 0.305. The minimum Gasteiger partial charge on any atom is -0.490 e. The van der Waals surface area contributed by atoms with Gasteiger partial charge in [-0.1, -0.05) is 0 Å². The molecule has 2 rings (SSSR count). The lowest BCUT2D eigenvalue weighted by Gasteiger charge is -2.28. The van der Waals surface area contributed by atoms with Gasteiger partial charge in [0.15, 0.2) is 5.78 Å². The van der Waals surface area contributed by atoms with Crippen molar-refractivity contribution >= 4 is 17.4 Å². The van der Waals surface area contributed by atoms with E-state index in [-0.39, 0.29) is 11.7 Å². The molecule has 1 amide bonds. The highest BCUT2D eigenvalue weighted by Crippen LogP contribution is 2.32. The highest BCUT2D eigenvalue weighted by atomic mass is 16.5. The summed E-state index contributed by atoms with van der Waals surface area (Å²) in [4.78, 5) is 24.9. The van der Waals surface area contributed by atoms with Gasteiger partial charge >= 0.3 is 0 Å². The molecule has 5 nitrogen and oxygen atoms in total. The van der Waals surface area contributed by atoms with Gasteiger partial charge in [-0.05, 0) is 24.7 Å². The smallest absolute Gasteiger partial charge is 0.224 e. The van der Waals surface area contributed by atoms with E-state index in [1.807, 2.05) is 0 Å². The Labute approximate surface area is 106 Å². The van der Waals surface area contributed by atoms with Crippen molar-refractivity contribution < 1.29 is 14.3 Å². The number of nitrogens with zero attached hydrogens (tertiary/aromatic N) is 1. The summed E-state index contributed by atoms with van der Waals surface area (Å²) in [5.74, 6) is 0.568. The standard InChI is InChI=1S/C13H16N2O3/c1-9(16)15-6-7-18-13-3-2-10(8-11(13)15)12(17)4-5-14/h2-3,8H,4-7,14H2,1H3. The van der Waals surface area contributed by atoms with E-state index in [1.54, 1.807) is 23.1 Å². The quantitative estimate of drug-likeness (QED) is 0.809. The SMILES string of the molecule is CC(=O)N1CCOc2ccc(C(=O)CCN)cc21. The van der Waals surface area contributed by atoms with E-state index in [4.69, 9.17) is 10.5 Å². The summed E-state index contributed by atoms with van der Waals surface area (Å²) in [6.45, 7) is 2.81. The van der Waals surface area contributed by atoms with E-state index < -0.39 is 0 Å². The van der Waals surface area contributed by atoms with Crippen molar-refractivity contribution in [2.45, 2.75) is 13.3 Å². The molecule has 0 fully saturated rings. The van der Waals surface area contributed by atoms with E-state index >= 15 is 0 Å². The lowest BCUT2D eigenvalue weighted by molar-refractivity contribution is -0.116. The monoisotopic (exact) mass is 248 g/mol. The summed E-state index contributed by atoms with van der Waals surface area (Å²) >= 11 is 0. The van der Waals surface area contributed by atoms with Crippen molar-refractivity contribution in [3.63, 3.8) is 0 Å². The molecule has 1 heterocycles. The van der Waals surface area contributed by atoms with E-state index in [9.17, 15) is 9.59 Å². The first-order valence-electron chi connectivity index (χ1n) is 5.91. The van der Waals surface area contributed by atoms with Crippen LogP contribution in [0.25, 0.3) is 0 Å². The number of benzene rings is 1. The Bertz CT molecular complexity index is 485. The summed E-state index contributed by atoms with van der Waals surface area (Å²) in [7, 11) is 0. The van der Waals surface area contributed by atoms with E-state index in [0.717, 1.165) is 0 Å².